The summed E-state index contributed by atoms with van der Waals surface area (Å²) in [6.07, 6.45) is 0.621. The molecule has 0 amide bonds. The summed E-state index contributed by atoms with van der Waals surface area (Å²) in [5.41, 5.74) is 3.96. The van der Waals surface area contributed by atoms with Crippen molar-refractivity contribution in [3.63, 3.8) is 0 Å². The van der Waals surface area contributed by atoms with Crippen LogP contribution in [-0.2, 0) is 19.6 Å². The van der Waals surface area contributed by atoms with Crippen LogP contribution < -0.4 is 9.47 Å². The van der Waals surface area contributed by atoms with Crippen molar-refractivity contribution in [1.29, 1.82) is 0 Å². The Bertz CT molecular complexity index is 1320. The fourth-order valence-corrected chi connectivity index (χ4v) is 3.43. The Morgan fingerprint density at radius 3 is 2.34 bits per heavy atom. The van der Waals surface area contributed by atoms with Gasteiger partial charge in [-0.2, -0.15) is 0 Å². The zero-order valence-corrected chi connectivity index (χ0v) is 17.3. The number of benzene rings is 3. The Morgan fingerprint density at radius 1 is 0.719 bits per heavy atom. The van der Waals surface area contributed by atoms with E-state index < -0.39 is 0 Å². The quantitative estimate of drug-likeness (QED) is 0.396. The summed E-state index contributed by atoms with van der Waals surface area (Å²) in [5, 5.41) is 15.0. The van der Waals surface area contributed by atoms with Crippen molar-refractivity contribution in [2.45, 2.75) is 19.6 Å². The van der Waals surface area contributed by atoms with Crippen LogP contribution in [0.25, 0.3) is 10.9 Å². The number of rotatable bonds is 8. The molecule has 0 unspecified atom stereocenters. The standard InChI is InChI=1S/C25H21N5O2/c1-2-10-24-20(7-1)11-12-21(26-24)17-32-23-9-4-6-19(14-23)16-31-22-8-3-5-18(13-22)15-25-27-29-30-28-25/h1-14H,15-17H2,(H,27,28,29,30). The molecule has 0 saturated carbocycles. The van der Waals surface area contributed by atoms with Crippen molar-refractivity contribution in [2.24, 2.45) is 0 Å². The molecule has 0 aliphatic carbocycles. The SMILES string of the molecule is c1cc(Cc2nnn[nH]2)cc(OCc2cccc(OCc3ccc4ccccc4n3)c2)c1. The summed E-state index contributed by atoms with van der Waals surface area (Å²) >= 11 is 0. The van der Waals surface area contributed by atoms with Crippen LogP contribution in [0.3, 0.4) is 0 Å². The molecule has 7 nitrogen and oxygen atoms in total. The first-order chi connectivity index (χ1) is 15.8. The number of aromatic amines is 1. The number of tetrazole rings is 1. The van der Waals surface area contributed by atoms with E-state index >= 15 is 0 Å². The first-order valence-electron chi connectivity index (χ1n) is 10.3. The minimum atomic E-state index is 0.410. The number of hydrogen-bond acceptors (Lipinski definition) is 6. The zero-order valence-electron chi connectivity index (χ0n) is 17.3. The number of fused-ring (bicyclic) bond motifs is 1. The van der Waals surface area contributed by atoms with Crippen LogP contribution in [0.2, 0.25) is 0 Å². The van der Waals surface area contributed by atoms with Gasteiger partial charge in [-0.3, -0.25) is 0 Å². The van der Waals surface area contributed by atoms with Gasteiger partial charge >= 0.3 is 0 Å². The summed E-state index contributed by atoms with van der Waals surface area (Å²) in [5.74, 6) is 2.29. The van der Waals surface area contributed by atoms with Gasteiger partial charge in [0, 0.05) is 11.8 Å². The predicted molar refractivity (Wildman–Crippen MR) is 120 cm³/mol. The normalized spacial score (nSPS) is 10.9. The third kappa shape index (κ3) is 4.89. The van der Waals surface area contributed by atoms with Crippen LogP contribution in [0.5, 0.6) is 11.5 Å². The number of para-hydroxylation sites is 1. The number of nitrogens with one attached hydrogen (secondary N) is 1. The summed E-state index contributed by atoms with van der Waals surface area (Å²) < 4.78 is 12.0. The van der Waals surface area contributed by atoms with E-state index in [0.717, 1.165) is 39.2 Å². The molecule has 0 fully saturated rings. The molecule has 32 heavy (non-hydrogen) atoms. The molecular weight excluding hydrogens is 402 g/mol. The average molecular weight is 423 g/mol. The molecule has 2 heterocycles. The monoisotopic (exact) mass is 423 g/mol. The maximum Gasteiger partial charge on any atom is 0.152 e. The predicted octanol–water partition coefficient (Wildman–Crippen LogP) is 4.50. The van der Waals surface area contributed by atoms with Crippen molar-refractivity contribution in [1.82, 2.24) is 25.6 Å². The van der Waals surface area contributed by atoms with Crippen LogP contribution in [-0.4, -0.2) is 25.6 Å². The minimum absolute atomic E-state index is 0.410. The second-order valence-corrected chi connectivity index (χ2v) is 7.39. The van der Waals surface area contributed by atoms with Crippen molar-refractivity contribution in [3.8, 4) is 11.5 Å². The number of ether oxygens (including phenoxy) is 2. The molecule has 0 radical (unpaired) electrons. The lowest BCUT2D eigenvalue weighted by Gasteiger charge is -2.10. The Balaban J connectivity index is 1.19. The van der Waals surface area contributed by atoms with Crippen LogP contribution in [0.1, 0.15) is 22.6 Å². The number of aromatic nitrogens is 5. The second-order valence-electron chi connectivity index (χ2n) is 7.39. The molecule has 1 N–H and O–H groups in total. The fourth-order valence-electron chi connectivity index (χ4n) is 3.43. The molecule has 7 heteroatoms. The zero-order chi connectivity index (χ0) is 21.6. The lowest BCUT2D eigenvalue weighted by Crippen LogP contribution is -2.00. The highest BCUT2D eigenvalue weighted by molar-refractivity contribution is 5.78. The molecule has 5 rings (SSSR count). The smallest absolute Gasteiger partial charge is 0.152 e. The van der Waals surface area contributed by atoms with Gasteiger partial charge in [0.2, 0.25) is 0 Å². The molecule has 3 aromatic carbocycles. The highest BCUT2D eigenvalue weighted by atomic mass is 16.5. The Labute approximate surface area is 185 Å². The molecule has 0 spiro atoms. The number of pyridine rings is 1. The third-order valence-corrected chi connectivity index (χ3v) is 5.01. The van der Waals surface area contributed by atoms with Crippen molar-refractivity contribution >= 4 is 10.9 Å². The van der Waals surface area contributed by atoms with Crippen molar-refractivity contribution in [2.75, 3.05) is 0 Å². The average Bonchev–Trinajstić information content (AvgIpc) is 3.35. The summed E-state index contributed by atoms with van der Waals surface area (Å²) in [7, 11) is 0. The first-order valence-corrected chi connectivity index (χ1v) is 10.3. The van der Waals surface area contributed by atoms with Gasteiger partial charge in [-0.05, 0) is 58.0 Å². The van der Waals surface area contributed by atoms with Gasteiger partial charge in [-0.15, -0.1) is 5.10 Å². The van der Waals surface area contributed by atoms with Crippen LogP contribution in [0.15, 0.2) is 84.9 Å². The molecule has 158 valence electrons. The number of H-pyrrole nitrogens is 1. The Hall–Kier alpha value is -4.26. The molecule has 5 aromatic rings. The number of nitrogens with zero attached hydrogens (tertiary/aromatic N) is 4. The first kappa shape index (κ1) is 19.7. The molecule has 0 aliphatic heterocycles. The summed E-state index contributed by atoms with van der Waals surface area (Å²) in [4.78, 5) is 4.66. The van der Waals surface area contributed by atoms with Gasteiger partial charge in [0.1, 0.15) is 24.7 Å². The minimum Gasteiger partial charge on any atom is -0.489 e. The van der Waals surface area contributed by atoms with E-state index in [4.69, 9.17) is 9.47 Å². The maximum atomic E-state index is 5.99. The van der Waals surface area contributed by atoms with Gasteiger partial charge in [0.25, 0.3) is 0 Å². The van der Waals surface area contributed by atoms with E-state index in [1.165, 1.54) is 0 Å². The topological polar surface area (TPSA) is 85.8 Å². The molecule has 2 aromatic heterocycles. The molecular formula is C25H21N5O2. The van der Waals surface area contributed by atoms with Gasteiger partial charge in [-0.1, -0.05) is 48.5 Å². The lowest BCUT2D eigenvalue weighted by atomic mass is 10.1. The molecule has 0 aliphatic rings. The van der Waals surface area contributed by atoms with Crippen LogP contribution >= 0.6 is 0 Å². The van der Waals surface area contributed by atoms with E-state index in [9.17, 15) is 0 Å². The van der Waals surface area contributed by atoms with E-state index in [2.05, 4.69) is 37.7 Å². The summed E-state index contributed by atoms with van der Waals surface area (Å²) in [6, 6.07) is 28.0. The Kier molecular flexibility index (Phi) is 5.70. The van der Waals surface area contributed by atoms with Gasteiger partial charge < -0.3 is 9.47 Å². The fraction of sp³-hybridized carbons (Fsp3) is 0.120. The van der Waals surface area contributed by atoms with E-state index in [0.29, 0.717) is 25.5 Å². The van der Waals surface area contributed by atoms with Gasteiger partial charge in [0.15, 0.2) is 5.82 Å². The maximum absolute atomic E-state index is 5.99. The highest BCUT2D eigenvalue weighted by Crippen LogP contribution is 2.20. The van der Waals surface area contributed by atoms with Gasteiger partial charge in [-0.25, -0.2) is 10.1 Å². The van der Waals surface area contributed by atoms with Crippen molar-refractivity contribution < 1.29 is 9.47 Å². The van der Waals surface area contributed by atoms with E-state index in [1.807, 2.05) is 72.8 Å². The molecule has 0 atom stereocenters. The lowest BCUT2D eigenvalue weighted by molar-refractivity contribution is 0.293. The van der Waals surface area contributed by atoms with Crippen LogP contribution in [0.4, 0.5) is 0 Å². The number of hydrogen-bond donors (Lipinski definition) is 1. The molecule has 0 saturated heterocycles. The van der Waals surface area contributed by atoms with E-state index in [-0.39, 0.29) is 0 Å². The molecule has 0 bridgehead atoms. The second kappa shape index (κ2) is 9.26. The largest absolute Gasteiger partial charge is 0.489 e. The van der Waals surface area contributed by atoms with E-state index in [1.54, 1.807) is 0 Å². The van der Waals surface area contributed by atoms with Crippen LogP contribution in [0, 0.1) is 0 Å². The van der Waals surface area contributed by atoms with Gasteiger partial charge in [0.05, 0.1) is 11.2 Å². The van der Waals surface area contributed by atoms with Crippen molar-refractivity contribution in [3.05, 3.63) is 108 Å². The summed E-state index contributed by atoms with van der Waals surface area (Å²) in [6.45, 7) is 0.854. The third-order valence-electron chi connectivity index (χ3n) is 5.01. The highest BCUT2D eigenvalue weighted by Gasteiger charge is 2.04. The Morgan fingerprint density at radius 2 is 1.50 bits per heavy atom.